The van der Waals surface area contributed by atoms with E-state index in [2.05, 4.69) is 25.6 Å². The van der Waals surface area contributed by atoms with Crippen molar-refractivity contribution >= 4 is 40.0 Å². The summed E-state index contributed by atoms with van der Waals surface area (Å²) < 4.78 is 16.1. The van der Waals surface area contributed by atoms with Crippen LogP contribution in [-0.2, 0) is 0 Å². The molecule has 0 bridgehead atoms. The summed E-state index contributed by atoms with van der Waals surface area (Å²) in [7, 11) is 0. The van der Waals surface area contributed by atoms with Crippen molar-refractivity contribution in [2.24, 2.45) is 0 Å². The van der Waals surface area contributed by atoms with E-state index in [0.29, 0.717) is 22.4 Å². The Hall–Kier alpha value is -4.08. The molecule has 2 N–H and O–H groups in total. The van der Waals surface area contributed by atoms with Crippen LogP contribution in [0.5, 0.6) is 0 Å². The largest absolute Gasteiger partial charge is 0.350 e. The first-order valence-corrected chi connectivity index (χ1v) is 13.1. The fourth-order valence-electron chi connectivity index (χ4n) is 3.76. The van der Waals surface area contributed by atoms with Crippen molar-refractivity contribution in [2.75, 3.05) is 11.9 Å². The molecule has 0 aliphatic carbocycles. The van der Waals surface area contributed by atoms with Gasteiger partial charge in [0, 0.05) is 24.9 Å². The second kappa shape index (κ2) is 11.8. The molecule has 6 nitrogen and oxygen atoms in total. The lowest BCUT2D eigenvalue weighted by Gasteiger charge is -2.19. The number of carbonyl (C=O) groups excluding carboxylic acids is 1. The molecule has 3 heterocycles. The summed E-state index contributed by atoms with van der Waals surface area (Å²) in [5, 5.41) is 6.64. The van der Waals surface area contributed by atoms with Crippen LogP contribution in [0.2, 0.25) is 0 Å². The zero-order chi connectivity index (χ0) is 25.5. The van der Waals surface area contributed by atoms with Gasteiger partial charge in [0.25, 0.3) is 5.91 Å². The van der Waals surface area contributed by atoms with E-state index in [1.165, 1.54) is 29.3 Å². The van der Waals surface area contributed by atoms with Gasteiger partial charge >= 0.3 is 0 Å². The number of pyridine rings is 2. The molecule has 0 aliphatic heterocycles. The van der Waals surface area contributed by atoms with Gasteiger partial charge in [0.15, 0.2) is 16.6 Å². The smallest absolute Gasteiger partial charge is 0.273 e. The molecular formula is C28H22FN5OS2. The van der Waals surface area contributed by atoms with E-state index < -0.39 is 11.7 Å². The number of nitrogens with zero attached hydrogens (tertiary/aromatic N) is 3. The van der Waals surface area contributed by atoms with Gasteiger partial charge in [0.2, 0.25) is 0 Å². The van der Waals surface area contributed by atoms with Crippen molar-refractivity contribution in [3.63, 3.8) is 0 Å². The molecule has 3 aromatic heterocycles. The second-order valence-electron chi connectivity index (χ2n) is 7.98. The molecule has 5 rings (SSSR count). The Morgan fingerprint density at radius 2 is 1.57 bits per heavy atom. The molecule has 0 unspecified atom stereocenters. The van der Waals surface area contributed by atoms with Crippen molar-refractivity contribution in [1.29, 1.82) is 0 Å². The van der Waals surface area contributed by atoms with Gasteiger partial charge in [0.05, 0.1) is 15.3 Å². The van der Waals surface area contributed by atoms with Crippen LogP contribution in [0.1, 0.15) is 27.5 Å². The molecule has 0 aliphatic rings. The first kappa shape index (κ1) is 24.6. The zero-order valence-corrected chi connectivity index (χ0v) is 21.2. The third-order valence-electron chi connectivity index (χ3n) is 5.53. The Labute approximate surface area is 222 Å². The van der Waals surface area contributed by atoms with E-state index in [-0.39, 0.29) is 11.6 Å². The van der Waals surface area contributed by atoms with Crippen molar-refractivity contribution in [3.05, 3.63) is 126 Å². The van der Waals surface area contributed by atoms with Crippen LogP contribution in [0, 0.1) is 5.82 Å². The highest BCUT2D eigenvalue weighted by atomic mass is 32.2. The third kappa shape index (κ3) is 6.19. The fourth-order valence-corrected chi connectivity index (χ4v) is 5.63. The second-order valence-corrected chi connectivity index (χ2v) is 10.4. The molecule has 184 valence electrons. The maximum absolute atomic E-state index is 15.3. The molecule has 2 aromatic carbocycles. The summed E-state index contributed by atoms with van der Waals surface area (Å²) in [6.07, 6.45) is 4.79. The molecule has 0 radical (unpaired) electrons. The van der Waals surface area contributed by atoms with Gasteiger partial charge in [-0.15, -0.1) is 0 Å². The topological polar surface area (TPSA) is 79.8 Å². The van der Waals surface area contributed by atoms with Crippen molar-refractivity contribution in [3.8, 4) is 0 Å². The predicted octanol–water partition coefficient (Wildman–Crippen LogP) is 6.53. The number of nitrogens with one attached hydrogen (secondary N) is 2. The number of aromatic nitrogens is 3. The van der Waals surface area contributed by atoms with Gasteiger partial charge in [-0.2, -0.15) is 0 Å². The highest BCUT2D eigenvalue weighted by Gasteiger charge is 2.21. The zero-order valence-electron chi connectivity index (χ0n) is 19.5. The van der Waals surface area contributed by atoms with Gasteiger partial charge in [-0.25, -0.2) is 19.3 Å². The molecule has 5 aromatic rings. The van der Waals surface area contributed by atoms with Crippen LogP contribution in [0.15, 0.2) is 113 Å². The Balaban J connectivity index is 1.28. The summed E-state index contributed by atoms with van der Waals surface area (Å²) in [5.74, 6) is -0.617. The van der Waals surface area contributed by atoms with Crippen LogP contribution >= 0.6 is 23.1 Å². The van der Waals surface area contributed by atoms with Crippen LogP contribution in [-0.4, -0.2) is 27.4 Å². The van der Waals surface area contributed by atoms with Crippen LogP contribution < -0.4 is 10.6 Å². The summed E-state index contributed by atoms with van der Waals surface area (Å²) in [6.45, 7) is 0.308. The van der Waals surface area contributed by atoms with Crippen molar-refractivity contribution < 1.29 is 9.18 Å². The molecule has 0 fully saturated rings. The van der Waals surface area contributed by atoms with E-state index in [0.717, 1.165) is 15.3 Å². The highest BCUT2D eigenvalue weighted by molar-refractivity contribution is 8.01. The lowest BCUT2D eigenvalue weighted by molar-refractivity contribution is 0.0942. The average molecular weight is 528 g/mol. The Morgan fingerprint density at radius 1 is 0.865 bits per heavy atom. The first-order valence-electron chi connectivity index (χ1n) is 11.5. The molecule has 0 saturated carbocycles. The lowest BCUT2D eigenvalue weighted by atomic mass is 9.91. The van der Waals surface area contributed by atoms with Crippen LogP contribution in [0.3, 0.4) is 0 Å². The molecule has 37 heavy (non-hydrogen) atoms. The van der Waals surface area contributed by atoms with E-state index in [4.69, 9.17) is 0 Å². The average Bonchev–Trinajstić information content (AvgIpc) is 3.38. The molecule has 9 heteroatoms. The maximum Gasteiger partial charge on any atom is 0.273 e. The number of hydrogen-bond acceptors (Lipinski definition) is 7. The predicted molar refractivity (Wildman–Crippen MR) is 145 cm³/mol. The number of hydrogen-bond donors (Lipinski definition) is 2. The van der Waals surface area contributed by atoms with E-state index in [1.807, 2.05) is 78.9 Å². The lowest BCUT2D eigenvalue weighted by Crippen LogP contribution is -2.30. The summed E-state index contributed by atoms with van der Waals surface area (Å²) in [6, 6.07) is 26.9. The van der Waals surface area contributed by atoms with Crippen molar-refractivity contribution in [1.82, 2.24) is 20.3 Å². The number of thiazole rings is 1. The van der Waals surface area contributed by atoms with Gasteiger partial charge < -0.3 is 10.6 Å². The van der Waals surface area contributed by atoms with E-state index >= 15 is 4.39 Å². The van der Waals surface area contributed by atoms with Gasteiger partial charge in [-0.1, -0.05) is 89.8 Å². The molecule has 0 spiro atoms. The summed E-state index contributed by atoms with van der Waals surface area (Å²) in [5.41, 5.74) is 1.89. The molecule has 1 amide bonds. The molecule has 0 saturated heterocycles. The molecule has 0 atom stereocenters. The van der Waals surface area contributed by atoms with Crippen molar-refractivity contribution in [2.45, 2.75) is 15.0 Å². The SMILES string of the molecule is O=C(NCC(c1ccccc1)c1ccccc1)c1nccc(Sc2cnc(Nc3ccccn3)s2)c1F. The monoisotopic (exact) mass is 527 g/mol. The van der Waals surface area contributed by atoms with Gasteiger partial charge in [-0.05, 0) is 29.3 Å². The standard InChI is InChI=1S/C28H22FN5OS2/c29-25-22(36-24-18-33-28(37-24)34-23-13-7-8-15-30-23)14-16-31-26(25)27(35)32-17-21(19-9-3-1-4-10-19)20-11-5-2-6-12-20/h1-16,18,21H,17H2,(H,32,35)(H,30,33,34). The normalized spacial score (nSPS) is 10.9. The quantitative estimate of drug-likeness (QED) is 0.227. The summed E-state index contributed by atoms with van der Waals surface area (Å²) >= 11 is 2.56. The Kier molecular flexibility index (Phi) is 7.83. The number of anilines is 2. The number of halogens is 1. The van der Waals surface area contributed by atoms with Crippen LogP contribution in [0.4, 0.5) is 15.3 Å². The van der Waals surface area contributed by atoms with Crippen LogP contribution in [0.25, 0.3) is 0 Å². The Bertz CT molecular complexity index is 1430. The van der Waals surface area contributed by atoms with E-state index in [9.17, 15) is 4.79 Å². The third-order valence-corrected chi connectivity index (χ3v) is 7.58. The van der Waals surface area contributed by atoms with Gasteiger partial charge in [0.1, 0.15) is 5.82 Å². The number of benzene rings is 2. The number of rotatable bonds is 9. The number of carbonyl (C=O) groups is 1. The maximum atomic E-state index is 15.3. The Morgan fingerprint density at radius 3 is 2.24 bits per heavy atom. The van der Waals surface area contributed by atoms with E-state index in [1.54, 1.807) is 18.5 Å². The molecular weight excluding hydrogens is 505 g/mol. The summed E-state index contributed by atoms with van der Waals surface area (Å²) in [4.78, 5) is 25.9. The highest BCUT2D eigenvalue weighted by Crippen LogP contribution is 2.36. The van der Waals surface area contributed by atoms with Gasteiger partial charge in [-0.3, -0.25) is 4.79 Å². The first-order chi connectivity index (χ1) is 18.2. The minimum absolute atomic E-state index is 0.0748. The fraction of sp³-hybridized carbons (Fsp3) is 0.0714. The number of amides is 1. The minimum Gasteiger partial charge on any atom is -0.350 e. The minimum atomic E-state index is -0.659.